The number of H-pyrrole nitrogens is 1. The van der Waals surface area contributed by atoms with Crippen molar-refractivity contribution in [2.45, 2.75) is 30.7 Å². The number of hydrogen-bond donors (Lipinski definition) is 1. The van der Waals surface area contributed by atoms with E-state index >= 15 is 0 Å². The first-order valence-electron chi connectivity index (χ1n) is 6.37. The van der Waals surface area contributed by atoms with Gasteiger partial charge in [-0.3, -0.25) is 9.89 Å². The van der Waals surface area contributed by atoms with E-state index in [1.165, 1.54) is 18.9 Å². The number of rotatable bonds is 5. The minimum absolute atomic E-state index is 0.299. The fourth-order valence-corrected chi connectivity index (χ4v) is 2.88. The average Bonchev–Trinajstić information content (AvgIpc) is 2.92. The van der Waals surface area contributed by atoms with Gasteiger partial charge in [0.15, 0.2) is 0 Å². The number of esters is 1. The number of nitrogens with zero attached hydrogens (tertiary/aromatic N) is 2. The van der Waals surface area contributed by atoms with Crippen LogP contribution in [-0.2, 0) is 16.0 Å². The highest BCUT2D eigenvalue weighted by molar-refractivity contribution is 8.00. The Kier molecular flexibility index (Phi) is 4.79. The number of aryl methyl sites for hydroxylation is 2. The zero-order valence-corrected chi connectivity index (χ0v) is 12.5. The molecule has 106 valence electrons. The molecule has 1 atom stereocenters. The Balaban J connectivity index is 2.29. The SMILES string of the molecule is CCc1nc(S[C@@H](C(=O)OC)c2ccccc2C)n[nH]1. The van der Waals surface area contributed by atoms with Crippen molar-refractivity contribution in [2.24, 2.45) is 0 Å². The smallest absolute Gasteiger partial charge is 0.323 e. The maximum atomic E-state index is 12.0. The fraction of sp³-hybridized carbons (Fsp3) is 0.357. The first-order chi connectivity index (χ1) is 9.65. The number of aromatic nitrogens is 3. The van der Waals surface area contributed by atoms with Gasteiger partial charge in [0.2, 0.25) is 5.16 Å². The van der Waals surface area contributed by atoms with Gasteiger partial charge >= 0.3 is 5.97 Å². The number of ether oxygens (including phenoxy) is 1. The van der Waals surface area contributed by atoms with Crippen molar-refractivity contribution in [3.05, 3.63) is 41.2 Å². The summed E-state index contributed by atoms with van der Waals surface area (Å²) in [4.78, 5) is 16.4. The lowest BCUT2D eigenvalue weighted by Crippen LogP contribution is -2.12. The standard InChI is InChI=1S/C14H17N3O2S/c1-4-11-15-14(17-16-11)20-12(13(18)19-3)10-8-6-5-7-9(10)2/h5-8,12H,4H2,1-3H3,(H,15,16,17)/t12-/m1/s1. The number of nitrogens with one attached hydrogen (secondary N) is 1. The van der Waals surface area contributed by atoms with Gasteiger partial charge in [0.25, 0.3) is 0 Å². The summed E-state index contributed by atoms with van der Waals surface area (Å²) in [7, 11) is 1.39. The van der Waals surface area contributed by atoms with Crippen molar-refractivity contribution in [3.63, 3.8) is 0 Å². The van der Waals surface area contributed by atoms with E-state index in [1.807, 2.05) is 38.1 Å². The molecule has 0 bridgehead atoms. The molecule has 0 amide bonds. The molecule has 0 aliphatic carbocycles. The summed E-state index contributed by atoms with van der Waals surface area (Å²) in [5, 5.41) is 7.07. The number of benzene rings is 1. The van der Waals surface area contributed by atoms with Gasteiger partial charge in [0, 0.05) is 6.42 Å². The van der Waals surface area contributed by atoms with Gasteiger partial charge in [0.1, 0.15) is 11.1 Å². The van der Waals surface area contributed by atoms with E-state index in [1.54, 1.807) is 0 Å². The van der Waals surface area contributed by atoms with E-state index in [0.29, 0.717) is 5.16 Å². The second kappa shape index (κ2) is 6.56. The molecule has 1 N–H and O–H groups in total. The Morgan fingerprint density at radius 1 is 1.45 bits per heavy atom. The molecule has 0 unspecified atom stereocenters. The van der Waals surface area contributed by atoms with Crippen molar-refractivity contribution < 1.29 is 9.53 Å². The minimum Gasteiger partial charge on any atom is -0.468 e. The van der Waals surface area contributed by atoms with Gasteiger partial charge in [-0.15, -0.1) is 5.10 Å². The second-order valence-corrected chi connectivity index (χ2v) is 5.37. The van der Waals surface area contributed by atoms with Crippen LogP contribution in [0, 0.1) is 6.92 Å². The molecular formula is C14H17N3O2S. The van der Waals surface area contributed by atoms with Crippen molar-refractivity contribution in [2.75, 3.05) is 7.11 Å². The molecule has 2 rings (SSSR count). The maximum Gasteiger partial charge on any atom is 0.323 e. The van der Waals surface area contributed by atoms with Crippen molar-refractivity contribution in [3.8, 4) is 0 Å². The van der Waals surface area contributed by atoms with Gasteiger partial charge in [0.05, 0.1) is 7.11 Å². The molecule has 1 aromatic carbocycles. The zero-order chi connectivity index (χ0) is 14.5. The molecule has 0 fully saturated rings. The van der Waals surface area contributed by atoms with Gasteiger partial charge in [-0.1, -0.05) is 43.0 Å². The van der Waals surface area contributed by atoms with E-state index in [2.05, 4.69) is 15.2 Å². The predicted molar refractivity (Wildman–Crippen MR) is 77.6 cm³/mol. The molecule has 20 heavy (non-hydrogen) atoms. The van der Waals surface area contributed by atoms with Crippen molar-refractivity contribution >= 4 is 17.7 Å². The van der Waals surface area contributed by atoms with Crippen LogP contribution in [0.5, 0.6) is 0 Å². The summed E-state index contributed by atoms with van der Waals surface area (Å²) in [5.74, 6) is 0.507. The highest BCUT2D eigenvalue weighted by Gasteiger charge is 2.26. The number of methoxy groups -OCH3 is 1. The molecule has 0 saturated carbocycles. The van der Waals surface area contributed by atoms with Crippen LogP contribution in [0.25, 0.3) is 0 Å². The summed E-state index contributed by atoms with van der Waals surface area (Å²) in [5.41, 5.74) is 1.97. The monoisotopic (exact) mass is 291 g/mol. The van der Waals surface area contributed by atoms with Gasteiger partial charge in [-0.2, -0.15) is 0 Å². The minimum atomic E-state index is -0.457. The highest BCUT2D eigenvalue weighted by atomic mass is 32.2. The Labute approximate surface area is 122 Å². The van der Waals surface area contributed by atoms with Crippen LogP contribution in [0.1, 0.15) is 29.1 Å². The number of carbonyl (C=O) groups is 1. The normalized spacial score (nSPS) is 12.2. The summed E-state index contributed by atoms with van der Waals surface area (Å²) in [6.45, 7) is 3.97. The van der Waals surface area contributed by atoms with E-state index in [4.69, 9.17) is 4.74 Å². The first kappa shape index (κ1) is 14.6. The van der Waals surface area contributed by atoms with E-state index in [0.717, 1.165) is 23.4 Å². The lowest BCUT2D eigenvalue weighted by molar-refractivity contribution is -0.140. The first-order valence-corrected chi connectivity index (χ1v) is 7.25. The lowest BCUT2D eigenvalue weighted by Gasteiger charge is -2.14. The molecule has 0 aliphatic heterocycles. The maximum absolute atomic E-state index is 12.0. The molecule has 1 aromatic heterocycles. The number of hydrogen-bond acceptors (Lipinski definition) is 5. The molecule has 0 spiro atoms. The van der Waals surface area contributed by atoms with Crippen molar-refractivity contribution in [1.29, 1.82) is 0 Å². The van der Waals surface area contributed by atoms with E-state index < -0.39 is 5.25 Å². The molecule has 5 nitrogen and oxygen atoms in total. The van der Waals surface area contributed by atoms with Crippen LogP contribution in [0.3, 0.4) is 0 Å². The molecular weight excluding hydrogens is 274 g/mol. The largest absolute Gasteiger partial charge is 0.468 e. The molecule has 0 radical (unpaired) electrons. The molecule has 2 aromatic rings. The number of aromatic amines is 1. The Morgan fingerprint density at radius 2 is 2.20 bits per heavy atom. The fourth-order valence-electron chi connectivity index (χ4n) is 1.82. The summed E-state index contributed by atoms with van der Waals surface area (Å²) in [6.07, 6.45) is 0.779. The Morgan fingerprint density at radius 3 is 2.80 bits per heavy atom. The molecule has 0 saturated heterocycles. The lowest BCUT2D eigenvalue weighted by atomic mass is 10.1. The quantitative estimate of drug-likeness (QED) is 0.677. The van der Waals surface area contributed by atoms with E-state index in [9.17, 15) is 4.79 Å². The summed E-state index contributed by atoms with van der Waals surface area (Å²) in [6, 6.07) is 7.76. The van der Waals surface area contributed by atoms with Crippen LogP contribution in [0.4, 0.5) is 0 Å². The van der Waals surface area contributed by atoms with Crippen molar-refractivity contribution in [1.82, 2.24) is 15.2 Å². The topological polar surface area (TPSA) is 67.9 Å². The van der Waals surface area contributed by atoms with Gasteiger partial charge in [-0.05, 0) is 18.1 Å². The summed E-state index contributed by atoms with van der Waals surface area (Å²) >= 11 is 1.30. The molecule has 0 aliphatic rings. The predicted octanol–water partition coefficient (Wildman–Crippen LogP) is 2.68. The van der Waals surface area contributed by atoms with Crippen LogP contribution >= 0.6 is 11.8 Å². The van der Waals surface area contributed by atoms with Crippen LogP contribution in [0.2, 0.25) is 0 Å². The van der Waals surface area contributed by atoms with Crippen LogP contribution in [-0.4, -0.2) is 28.3 Å². The molecule has 1 heterocycles. The Hall–Kier alpha value is -1.82. The van der Waals surface area contributed by atoms with Crippen LogP contribution in [0.15, 0.2) is 29.4 Å². The van der Waals surface area contributed by atoms with Crippen LogP contribution < -0.4 is 0 Å². The van der Waals surface area contributed by atoms with Gasteiger partial charge < -0.3 is 4.74 Å². The third-order valence-corrected chi connectivity index (χ3v) is 4.03. The summed E-state index contributed by atoms with van der Waals surface area (Å²) < 4.78 is 4.90. The van der Waals surface area contributed by atoms with Gasteiger partial charge in [-0.25, -0.2) is 4.98 Å². The van der Waals surface area contributed by atoms with E-state index in [-0.39, 0.29) is 5.97 Å². The average molecular weight is 291 g/mol. The highest BCUT2D eigenvalue weighted by Crippen LogP contribution is 2.35. The number of thioether (sulfide) groups is 1. The zero-order valence-electron chi connectivity index (χ0n) is 11.7. The molecule has 6 heteroatoms. The Bertz CT molecular complexity index is 598. The third-order valence-electron chi connectivity index (χ3n) is 2.96. The second-order valence-electron chi connectivity index (χ2n) is 4.30. The third kappa shape index (κ3) is 3.19. The number of carbonyl (C=O) groups excluding carboxylic acids is 1.